The lowest BCUT2D eigenvalue weighted by Crippen LogP contribution is -2.18. The Morgan fingerprint density at radius 1 is 1.14 bits per heavy atom. The number of rotatable bonds is 8. The van der Waals surface area contributed by atoms with Crippen molar-refractivity contribution in [2.45, 2.75) is 26.2 Å². The molecular weight excluding hydrogens is 278 g/mol. The van der Waals surface area contributed by atoms with E-state index >= 15 is 0 Å². The van der Waals surface area contributed by atoms with Crippen LogP contribution in [-0.4, -0.2) is 18.9 Å². The number of unbranched alkanes of at least 4 members (excludes halogenated alkanes) is 1. The zero-order chi connectivity index (χ0) is 14.9. The lowest BCUT2D eigenvalue weighted by Gasteiger charge is -2.08. The number of anilines is 1. The molecule has 3 N–H and O–H groups in total. The van der Waals surface area contributed by atoms with Gasteiger partial charge >= 0.3 is 0 Å². The summed E-state index contributed by atoms with van der Waals surface area (Å²) in [6.45, 7) is 4.34. The molecule has 0 saturated carbocycles. The zero-order valence-electron chi connectivity index (χ0n) is 12.5. The molecule has 2 aromatic rings. The minimum absolute atomic E-state index is 0.457. The summed E-state index contributed by atoms with van der Waals surface area (Å²) in [5.41, 5.74) is 2.29. The van der Waals surface area contributed by atoms with Crippen molar-refractivity contribution >= 4 is 22.9 Å². The number of hydrogen-bond acceptors (Lipinski definition) is 3. The second-order valence-corrected chi connectivity index (χ2v) is 5.98. The molecule has 0 aliphatic rings. The molecule has 0 aliphatic carbocycles. The van der Waals surface area contributed by atoms with E-state index in [1.54, 1.807) is 11.3 Å². The minimum atomic E-state index is 0.457. The van der Waals surface area contributed by atoms with Gasteiger partial charge in [0, 0.05) is 5.69 Å². The van der Waals surface area contributed by atoms with Gasteiger partial charge in [0.2, 0.25) is 0 Å². The van der Waals surface area contributed by atoms with Gasteiger partial charge in [-0.25, -0.2) is 0 Å². The van der Waals surface area contributed by atoms with Crippen LogP contribution in [0.3, 0.4) is 0 Å². The maximum absolute atomic E-state index is 8.00. The van der Waals surface area contributed by atoms with E-state index in [2.05, 4.69) is 29.7 Å². The topological polar surface area (TPSA) is 47.9 Å². The van der Waals surface area contributed by atoms with Gasteiger partial charge in [0.1, 0.15) is 5.84 Å². The fourth-order valence-corrected chi connectivity index (χ4v) is 2.67. The van der Waals surface area contributed by atoms with Gasteiger partial charge in [0.15, 0.2) is 0 Å². The fraction of sp³-hybridized carbons (Fsp3) is 0.353. The van der Waals surface area contributed by atoms with Crippen LogP contribution in [-0.2, 0) is 6.42 Å². The van der Waals surface area contributed by atoms with Crippen LogP contribution < -0.4 is 10.6 Å². The molecular formula is C17H23N3S. The van der Waals surface area contributed by atoms with Crippen molar-refractivity contribution in [3.05, 3.63) is 52.2 Å². The van der Waals surface area contributed by atoms with Crippen molar-refractivity contribution in [1.82, 2.24) is 5.32 Å². The molecule has 0 spiro atoms. The normalized spacial score (nSPS) is 10.5. The Morgan fingerprint density at radius 3 is 2.62 bits per heavy atom. The quantitative estimate of drug-likeness (QED) is 0.390. The number of benzene rings is 1. The standard InChI is InChI=1S/C17H23N3S/c1-2-3-11-19-12-10-14-6-8-15(9-7-14)20-17(18)16-5-4-13-21-16/h4-9,13,19H,2-3,10-12H2,1H3,(H2,18,20). The first-order valence-electron chi connectivity index (χ1n) is 7.48. The highest BCUT2D eigenvalue weighted by molar-refractivity contribution is 7.12. The summed E-state index contributed by atoms with van der Waals surface area (Å²) in [6.07, 6.45) is 3.53. The van der Waals surface area contributed by atoms with Crippen LogP contribution in [0.1, 0.15) is 30.2 Å². The maximum Gasteiger partial charge on any atom is 0.140 e. The highest BCUT2D eigenvalue weighted by atomic mass is 32.1. The first-order valence-corrected chi connectivity index (χ1v) is 8.36. The second kappa shape index (κ2) is 8.60. The molecule has 0 atom stereocenters. The van der Waals surface area contributed by atoms with Gasteiger partial charge in [-0.2, -0.15) is 0 Å². The first-order chi connectivity index (χ1) is 10.3. The number of amidine groups is 1. The highest BCUT2D eigenvalue weighted by Gasteiger charge is 2.02. The van der Waals surface area contributed by atoms with Crippen molar-refractivity contribution in [3.8, 4) is 0 Å². The van der Waals surface area contributed by atoms with E-state index in [4.69, 9.17) is 5.41 Å². The molecule has 112 valence electrons. The molecule has 0 unspecified atom stereocenters. The molecule has 0 amide bonds. The van der Waals surface area contributed by atoms with Crippen molar-refractivity contribution in [2.24, 2.45) is 0 Å². The van der Waals surface area contributed by atoms with Crippen LogP contribution in [0.4, 0.5) is 5.69 Å². The van der Waals surface area contributed by atoms with Gasteiger partial charge in [-0.3, -0.25) is 5.41 Å². The molecule has 1 aromatic carbocycles. The predicted octanol–water partition coefficient (Wildman–Crippen LogP) is 4.12. The van der Waals surface area contributed by atoms with Crippen LogP contribution in [0.25, 0.3) is 0 Å². The summed E-state index contributed by atoms with van der Waals surface area (Å²) in [4.78, 5) is 0.958. The predicted molar refractivity (Wildman–Crippen MR) is 92.7 cm³/mol. The Labute approximate surface area is 130 Å². The number of nitrogens with one attached hydrogen (secondary N) is 3. The highest BCUT2D eigenvalue weighted by Crippen LogP contribution is 2.14. The summed E-state index contributed by atoms with van der Waals surface area (Å²) in [5.74, 6) is 0.457. The van der Waals surface area contributed by atoms with E-state index in [0.717, 1.165) is 30.1 Å². The lowest BCUT2D eigenvalue weighted by atomic mass is 10.1. The van der Waals surface area contributed by atoms with Crippen molar-refractivity contribution in [2.75, 3.05) is 18.4 Å². The van der Waals surface area contributed by atoms with Gasteiger partial charge in [-0.15, -0.1) is 11.3 Å². The van der Waals surface area contributed by atoms with E-state index < -0.39 is 0 Å². The number of hydrogen-bond donors (Lipinski definition) is 3. The molecule has 1 heterocycles. The zero-order valence-corrected chi connectivity index (χ0v) is 13.3. The molecule has 21 heavy (non-hydrogen) atoms. The third-order valence-electron chi connectivity index (χ3n) is 3.29. The molecule has 0 bridgehead atoms. The molecule has 0 radical (unpaired) electrons. The SMILES string of the molecule is CCCCNCCc1ccc(NC(=N)c2cccs2)cc1. The van der Waals surface area contributed by atoms with Gasteiger partial charge in [0.25, 0.3) is 0 Å². The average Bonchev–Trinajstić information content (AvgIpc) is 3.03. The molecule has 2 rings (SSSR count). The van der Waals surface area contributed by atoms with E-state index in [9.17, 15) is 0 Å². The third kappa shape index (κ3) is 5.33. The van der Waals surface area contributed by atoms with E-state index in [0.29, 0.717) is 5.84 Å². The Morgan fingerprint density at radius 2 is 1.95 bits per heavy atom. The van der Waals surface area contributed by atoms with Crippen LogP contribution in [0, 0.1) is 5.41 Å². The van der Waals surface area contributed by atoms with E-state index in [1.807, 2.05) is 29.6 Å². The monoisotopic (exact) mass is 301 g/mol. The third-order valence-corrected chi connectivity index (χ3v) is 4.18. The molecule has 1 aromatic heterocycles. The average molecular weight is 301 g/mol. The fourth-order valence-electron chi connectivity index (χ4n) is 2.04. The smallest absolute Gasteiger partial charge is 0.140 e. The number of thiophene rings is 1. The van der Waals surface area contributed by atoms with E-state index in [-0.39, 0.29) is 0 Å². The largest absolute Gasteiger partial charge is 0.340 e. The van der Waals surface area contributed by atoms with Gasteiger partial charge < -0.3 is 10.6 Å². The molecule has 4 heteroatoms. The van der Waals surface area contributed by atoms with Crippen LogP contribution in [0.2, 0.25) is 0 Å². The van der Waals surface area contributed by atoms with Gasteiger partial charge in [0.05, 0.1) is 4.88 Å². The van der Waals surface area contributed by atoms with Gasteiger partial charge in [-0.05, 0) is 55.1 Å². The lowest BCUT2D eigenvalue weighted by molar-refractivity contribution is 0.640. The Kier molecular flexibility index (Phi) is 6.44. The molecule has 0 saturated heterocycles. The van der Waals surface area contributed by atoms with Crippen molar-refractivity contribution in [3.63, 3.8) is 0 Å². The van der Waals surface area contributed by atoms with Crippen LogP contribution in [0.15, 0.2) is 41.8 Å². The maximum atomic E-state index is 8.00. The summed E-state index contributed by atoms with van der Waals surface area (Å²) < 4.78 is 0. The van der Waals surface area contributed by atoms with E-state index in [1.165, 1.54) is 18.4 Å². The molecule has 0 fully saturated rings. The summed E-state index contributed by atoms with van der Waals surface area (Å²) in [6, 6.07) is 12.3. The minimum Gasteiger partial charge on any atom is -0.340 e. The van der Waals surface area contributed by atoms with Gasteiger partial charge in [-0.1, -0.05) is 31.5 Å². The molecule has 0 aliphatic heterocycles. The summed E-state index contributed by atoms with van der Waals surface area (Å²) in [7, 11) is 0. The van der Waals surface area contributed by atoms with Crippen LogP contribution in [0.5, 0.6) is 0 Å². The second-order valence-electron chi connectivity index (χ2n) is 5.03. The summed E-state index contributed by atoms with van der Waals surface area (Å²) in [5, 5.41) is 16.6. The first kappa shape index (κ1) is 15.7. The summed E-state index contributed by atoms with van der Waals surface area (Å²) >= 11 is 1.58. The molecule has 3 nitrogen and oxygen atoms in total. The van der Waals surface area contributed by atoms with Crippen LogP contribution >= 0.6 is 11.3 Å². The Bertz CT molecular complexity index is 532. The Hall–Kier alpha value is -1.65. The Balaban J connectivity index is 1.78. The van der Waals surface area contributed by atoms with Crippen molar-refractivity contribution in [1.29, 1.82) is 5.41 Å². The van der Waals surface area contributed by atoms with Crippen molar-refractivity contribution < 1.29 is 0 Å².